The van der Waals surface area contributed by atoms with Crippen molar-refractivity contribution < 1.29 is 9.82 Å². The number of thiocarbonyl (C=S) groups is 1. The molecule has 24 heavy (non-hydrogen) atoms. The van der Waals surface area contributed by atoms with Crippen LogP contribution in [0.15, 0.2) is 54.6 Å². The van der Waals surface area contributed by atoms with E-state index in [9.17, 15) is 10.1 Å². The quantitative estimate of drug-likeness (QED) is 0.423. The van der Waals surface area contributed by atoms with Gasteiger partial charge in [0.1, 0.15) is 12.6 Å². The van der Waals surface area contributed by atoms with E-state index in [1.165, 1.54) is 17.0 Å². The summed E-state index contributed by atoms with van der Waals surface area (Å²) in [7, 11) is 4.18. The van der Waals surface area contributed by atoms with Gasteiger partial charge in [-0.2, -0.15) is 0 Å². The summed E-state index contributed by atoms with van der Waals surface area (Å²) in [4.78, 5) is 11.6. The van der Waals surface area contributed by atoms with Crippen molar-refractivity contribution in [2.75, 3.05) is 26.0 Å². The zero-order valence-corrected chi connectivity index (χ0v) is 14.5. The van der Waals surface area contributed by atoms with Crippen LogP contribution in [-0.4, -0.2) is 30.7 Å². The Morgan fingerprint density at radius 1 is 1.17 bits per heavy atom. The van der Waals surface area contributed by atoms with Crippen LogP contribution in [0.4, 0.5) is 11.4 Å². The van der Waals surface area contributed by atoms with Crippen LogP contribution in [0.1, 0.15) is 11.6 Å². The van der Waals surface area contributed by atoms with E-state index < -0.39 is 4.92 Å². The first-order valence-electron chi connectivity index (χ1n) is 7.61. The van der Waals surface area contributed by atoms with Gasteiger partial charge in [0, 0.05) is 17.8 Å². The lowest BCUT2D eigenvalue weighted by Crippen LogP contribution is -3.06. The van der Waals surface area contributed by atoms with Crippen LogP contribution >= 0.6 is 12.2 Å². The molecular weight excluding hydrogens is 324 g/mol. The Morgan fingerprint density at radius 3 is 2.33 bits per heavy atom. The fourth-order valence-corrected chi connectivity index (χ4v) is 2.60. The highest BCUT2D eigenvalue weighted by Crippen LogP contribution is 2.16. The second-order valence-corrected chi connectivity index (χ2v) is 6.19. The molecule has 0 spiro atoms. The highest BCUT2D eigenvalue weighted by molar-refractivity contribution is 7.80. The van der Waals surface area contributed by atoms with Crippen molar-refractivity contribution in [1.29, 1.82) is 0 Å². The molecule has 0 unspecified atom stereocenters. The Labute approximate surface area is 146 Å². The van der Waals surface area contributed by atoms with Crippen molar-refractivity contribution in [2.24, 2.45) is 0 Å². The molecule has 2 aromatic rings. The molecule has 0 radical (unpaired) electrons. The molecule has 0 heterocycles. The number of hydrogen-bond acceptors (Lipinski definition) is 3. The van der Waals surface area contributed by atoms with Crippen molar-refractivity contribution in [3.8, 4) is 0 Å². The predicted molar refractivity (Wildman–Crippen MR) is 99.3 cm³/mol. The van der Waals surface area contributed by atoms with Gasteiger partial charge in [-0.1, -0.05) is 30.3 Å². The van der Waals surface area contributed by atoms with Gasteiger partial charge in [-0.25, -0.2) is 0 Å². The molecule has 0 saturated heterocycles. The summed E-state index contributed by atoms with van der Waals surface area (Å²) in [6, 6.07) is 16.4. The first-order chi connectivity index (χ1) is 11.5. The van der Waals surface area contributed by atoms with Crippen molar-refractivity contribution in [3.63, 3.8) is 0 Å². The molecule has 126 valence electrons. The first-order valence-corrected chi connectivity index (χ1v) is 8.02. The number of hydrogen-bond donors (Lipinski definition) is 3. The van der Waals surface area contributed by atoms with Gasteiger partial charge in [-0.3, -0.25) is 10.1 Å². The number of nitro groups is 1. The van der Waals surface area contributed by atoms with E-state index in [4.69, 9.17) is 12.2 Å². The molecule has 0 aromatic heterocycles. The van der Waals surface area contributed by atoms with Gasteiger partial charge in [0.05, 0.1) is 19.0 Å². The lowest BCUT2D eigenvalue weighted by molar-refractivity contribution is -0.860. The summed E-state index contributed by atoms with van der Waals surface area (Å²) >= 11 is 5.38. The van der Waals surface area contributed by atoms with Crippen LogP contribution < -0.4 is 15.5 Å². The lowest BCUT2D eigenvalue weighted by atomic mass is 10.1. The Hall–Kier alpha value is -2.51. The van der Waals surface area contributed by atoms with Crippen LogP contribution in [0.25, 0.3) is 0 Å². The van der Waals surface area contributed by atoms with Gasteiger partial charge in [-0.15, -0.1) is 0 Å². The SMILES string of the molecule is C[NH+](C)C[C@@H](NC(=S)Nc1ccc([N+](=O)[O-])cc1)c1ccccc1. The highest BCUT2D eigenvalue weighted by Gasteiger charge is 2.16. The summed E-state index contributed by atoms with van der Waals surface area (Å²) in [6.45, 7) is 0.867. The molecule has 2 rings (SSSR count). The van der Waals surface area contributed by atoms with E-state index >= 15 is 0 Å². The molecule has 1 atom stereocenters. The molecule has 0 saturated carbocycles. The van der Waals surface area contributed by atoms with Gasteiger partial charge in [0.25, 0.3) is 5.69 Å². The lowest BCUT2D eigenvalue weighted by Gasteiger charge is -2.22. The second kappa shape index (κ2) is 8.37. The van der Waals surface area contributed by atoms with Gasteiger partial charge in [0.2, 0.25) is 0 Å². The van der Waals surface area contributed by atoms with Gasteiger partial charge >= 0.3 is 0 Å². The number of anilines is 1. The van der Waals surface area contributed by atoms with E-state index in [-0.39, 0.29) is 11.7 Å². The standard InChI is InChI=1S/C17H20N4O2S/c1-20(2)12-16(13-6-4-3-5-7-13)19-17(24)18-14-8-10-15(11-9-14)21(22)23/h3-11,16H,12H2,1-2H3,(H2,18,19,24)/p+1/t16-/m1/s1. The number of benzene rings is 2. The van der Waals surface area contributed by atoms with Crippen molar-refractivity contribution >= 4 is 28.7 Å². The molecule has 0 bridgehead atoms. The summed E-state index contributed by atoms with van der Waals surface area (Å²) in [6.07, 6.45) is 0. The Bertz CT molecular complexity index is 689. The molecule has 3 N–H and O–H groups in total. The van der Waals surface area contributed by atoms with E-state index in [1.54, 1.807) is 12.1 Å². The Balaban J connectivity index is 2.03. The van der Waals surface area contributed by atoms with Crippen LogP contribution in [0, 0.1) is 10.1 Å². The Morgan fingerprint density at radius 2 is 1.79 bits per heavy atom. The normalized spacial score (nSPS) is 11.8. The highest BCUT2D eigenvalue weighted by atomic mass is 32.1. The fraction of sp³-hybridized carbons (Fsp3) is 0.235. The minimum Gasteiger partial charge on any atom is -0.350 e. The number of rotatable bonds is 6. The summed E-state index contributed by atoms with van der Waals surface area (Å²) in [5.41, 5.74) is 1.92. The minimum absolute atomic E-state index is 0.0535. The average Bonchev–Trinajstić information content (AvgIpc) is 2.55. The maximum Gasteiger partial charge on any atom is 0.269 e. The number of nitrogens with one attached hydrogen (secondary N) is 3. The Kier molecular flexibility index (Phi) is 6.22. The summed E-state index contributed by atoms with van der Waals surface area (Å²) < 4.78 is 0. The maximum absolute atomic E-state index is 10.7. The van der Waals surface area contributed by atoms with Gasteiger partial charge in [0.15, 0.2) is 5.11 Å². The number of nitrogens with zero attached hydrogens (tertiary/aromatic N) is 1. The van der Waals surface area contributed by atoms with E-state index in [1.807, 2.05) is 18.2 Å². The van der Waals surface area contributed by atoms with Crippen molar-refractivity contribution in [1.82, 2.24) is 5.32 Å². The van der Waals surface area contributed by atoms with Gasteiger partial charge in [-0.05, 0) is 29.9 Å². The third-order valence-electron chi connectivity index (χ3n) is 3.46. The molecule has 2 aromatic carbocycles. The monoisotopic (exact) mass is 345 g/mol. The summed E-state index contributed by atoms with van der Waals surface area (Å²) in [5, 5.41) is 17.6. The zero-order valence-electron chi connectivity index (χ0n) is 13.7. The number of nitro benzene ring substituents is 1. The third kappa shape index (κ3) is 5.29. The topological polar surface area (TPSA) is 71.6 Å². The van der Waals surface area contributed by atoms with Crippen LogP contribution in [0.5, 0.6) is 0 Å². The van der Waals surface area contributed by atoms with Gasteiger partial charge < -0.3 is 15.5 Å². The van der Waals surface area contributed by atoms with Crippen molar-refractivity contribution in [3.05, 3.63) is 70.3 Å². The second-order valence-electron chi connectivity index (χ2n) is 5.78. The number of likely N-dealkylation sites (N-methyl/N-ethyl adjacent to an activating group) is 1. The molecular formula is C17H21N4O2S+. The maximum atomic E-state index is 10.7. The average molecular weight is 345 g/mol. The minimum atomic E-state index is -0.425. The zero-order chi connectivity index (χ0) is 17.5. The van der Waals surface area contributed by atoms with Crippen LogP contribution in [-0.2, 0) is 0 Å². The third-order valence-corrected chi connectivity index (χ3v) is 3.68. The van der Waals surface area contributed by atoms with Crippen LogP contribution in [0.3, 0.4) is 0 Å². The van der Waals surface area contributed by atoms with E-state index in [0.717, 1.165) is 12.1 Å². The molecule has 0 aliphatic heterocycles. The van der Waals surface area contributed by atoms with E-state index in [0.29, 0.717) is 10.8 Å². The summed E-state index contributed by atoms with van der Waals surface area (Å²) in [5.74, 6) is 0. The largest absolute Gasteiger partial charge is 0.350 e. The molecule has 0 fully saturated rings. The molecule has 0 amide bonds. The number of non-ortho nitro benzene ring substituents is 1. The predicted octanol–water partition coefficient (Wildman–Crippen LogP) is 1.77. The van der Waals surface area contributed by atoms with Crippen LogP contribution in [0.2, 0.25) is 0 Å². The molecule has 0 aliphatic rings. The first kappa shape index (κ1) is 17.8. The molecule has 7 heteroatoms. The fourth-order valence-electron chi connectivity index (χ4n) is 2.34. The molecule has 6 nitrogen and oxygen atoms in total. The van der Waals surface area contributed by atoms with E-state index in [2.05, 4.69) is 36.9 Å². The smallest absolute Gasteiger partial charge is 0.269 e. The van der Waals surface area contributed by atoms with Crippen molar-refractivity contribution in [2.45, 2.75) is 6.04 Å². The molecule has 0 aliphatic carbocycles. The number of quaternary nitrogens is 1.